The molecule has 1 aliphatic heterocycles. The summed E-state index contributed by atoms with van der Waals surface area (Å²) in [6.07, 6.45) is 2.91. The van der Waals surface area contributed by atoms with Gasteiger partial charge in [-0.25, -0.2) is 8.97 Å². The first kappa shape index (κ1) is 23.3. The standard InChI is InChI=1S/C27H37FNO2/c1-26(2,3)18-27(4,5)16-23-21-15-25(31-7)24(30-6)14-19(21)12-13-29(23)17-20-10-8-9-11-22(20)28/h8-11,14-15H,12-13,16-18H2,1-7H3/q+1. The number of hydrogen-bond acceptors (Lipinski definition) is 2. The van der Waals surface area contributed by atoms with Crippen molar-refractivity contribution < 1.29 is 18.4 Å². The first-order valence-corrected chi connectivity index (χ1v) is 11.1. The largest absolute Gasteiger partial charge is 0.493 e. The van der Waals surface area contributed by atoms with Crippen molar-refractivity contribution in [1.82, 2.24) is 0 Å². The molecule has 0 atom stereocenters. The Bertz CT molecular complexity index is 970. The molecule has 4 heteroatoms. The molecule has 0 N–H and O–H groups in total. The molecule has 1 aliphatic rings. The van der Waals surface area contributed by atoms with Crippen LogP contribution in [0.4, 0.5) is 4.39 Å². The Kier molecular flexibility index (Phi) is 6.78. The third kappa shape index (κ3) is 5.66. The highest BCUT2D eigenvalue weighted by atomic mass is 19.1. The summed E-state index contributed by atoms with van der Waals surface area (Å²) in [6.45, 7) is 13.0. The molecule has 0 amide bonds. The van der Waals surface area contributed by atoms with Gasteiger partial charge in [-0.15, -0.1) is 0 Å². The van der Waals surface area contributed by atoms with Gasteiger partial charge in [-0.3, -0.25) is 0 Å². The molecule has 0 aliphatic carbocycles. The van der Waals surface area contributed by atoms with Crippen LogP contribution in [-0.2, 0) is 13.0 Å². The molecule has 0 spiro atoms. The van der Waals surface area contributed by atoms with Crippen molar-refractivity contribution in [2.75, 3.05) is 20.8 Å². The van der Waals surface area contributed by atoms with Gasteiger partial charge in [0.05, 0.1) is 19.8 Å². The Balaban J connectivity index is 2.11. The Morgan fingerprint density at radius 2 is 1.61 bits per heavy atom. The van der Waals surface area contributed by atoms with E-state index in [0.717, 1.165) is 42.9 Å². The number of halogens is 1. The first-order valence-electron chi connectivity index (χ1n) is 11.1. The average Bonchev–Trinajstić information content (AvgIpc) is 2.68. The van der Waals surface area contributed by atoms with Gasteiger partial charge in [0.15, 0.2) is 23.8 Å². The molecular formula is C27H37FNO2+. The third-order valence-electron chi connectivity index (χ3n) is 5.93. The molecule has 3 rings (SSSR count). The molecule has 2 aromatic carbocycles. The van der Waals surface area contributed by atoms with Crippen molar-refractivity contribution in [3.8, 4) is 11.5 Å². The highest BCUT2D eigenvalue weighted by molar-refractivity contribution is 5.99. The van der Waals surface area contributed by atoms with E-state index in [-0.39, 0.29) is 16.6 Å². The van der Waals surface area contributed by atoms with Crippen LogP contribution in [0.1, 0.15) is 64.2 Å². The van der Waals surface area contributed by atoms with Gasteiger partial charge in [0.1, 0.15) is 12.4 Å². The van der Waals surface area contributed by atoms with E-state index in [2.05, 4.69) is 51.3 Å². The Hall–Kier alpha value is -2.36. The Labute approximate surface area is 186 Å². The summed E-state index contributed by atoms with van der Waals surface area (Å²) in [6, 6.07) is 11.3. The summed E-state index contributed by atoms with van der Waals surface area (Å²) in [5, 5.41) is 0. The van der Waals surface area contributed by atoms with E-state index in [1.165, 1.54) is 16.8 Å². The summed E-state index contributed by atoms with van der Waals surface area (Å²) < 4.78 is 28.0. The molecule has 2 aromatic rings. The van der Waals surface area contributed by atoms with Crippen LogP contribution in [0.25, 0.3) is 0 Å². The molecular weight excluding hydrogens is 389 g/mol. The van der Waals surface area contributed by atoms with E-state index in [1.807, 2.05) is 12.1 Å². The number of rotatable bonds is 7. The SMILES string of the molecule is COc1cc2c(cc1OC)C(CC(C)(C)CC(C)(C)C)=[N+](Cc1ccccc1F)CC2. The molecule has 168 valence electrons. The first-order chi connectivity index (χ1) is 14.5. The molecule has 0 saturated heterocycles. The molecule has 0 bridgehead atoms. The van der Waals surface area contributed by atoms with Gasteiger partial charge in [-0.2, -0.15) is 0 Å². The number of hydrogen-bond donors (Lipinski definition) is 0. The number of ether oxygens (including phenoxy) is 2. The zero-order valence-electron chi connectivity index (χ0n) is 20.1. The van der Waals surface area contributed by atoms with Crippen molar-refractivity contribution in [2.45, 2.75) is 60.4 Å². The summed E-state index contributed by atoms with van der Waals surface area (Å²) in [5.41, 5.74) is 4.79. The van der Waals surface area contributed by atoms with E-state index in [0.29, 0.717) is 6.54 Å². The van der Waals surface area contributed by atoms with Gasteiger partial charge in [-0.05, 0) is 47.1 Å². The number of benzene rings is 2. The van der Waals surface area contributed by atoms with Crippen LogP contribution in [0.3, 0.4) is 0 Å². The van der Waals surface area contributed by atoms with Crippen LogP contribution < -0.4 is 9.47 Å². The van der Waals surface area contributed by atoms with E-state index < -0.39 is 0 Å². The van der Waals surface area contributed by atoms with Crippen molar-refractivity contribution >= 4 is 5.71 Å². The lowest BCUT2D eigenvalue weighted by Gasteiger charge is -2.33. The van der Waals surface area contributed by atoms with Crippen molar-refractivity contribution in [2.24, 2.45) is 10.8 Å². The fourth-order valence-corrected chi connectivity index (χ4v) is 5.12. The van der Waals surface area contributed by atoms with Crippen LogP contribution in [0, 0.1) is 16.6 Å². The highest BCUT2D eigenvalue weighted by Gasteiger charge is 2.35. The average molecular weight is 427 g/mol. The maximum absolute atomic E-state index is 14.5. The molecule has 3 nitrogen and oxygen atoms in total. The second-order valence-electron chi connectivity index (χ2n) is 10.7. The lowest BCUT2D eigenvalue weighted by Crippen LogP contribution is -2.34. The minimum atomic E-state index is -0.145. The summed E-state index contributed by atoms with van der Waals surface area (Å²) in [5.74, 6) is 1.35. The summed E-state index contributed by atoms with van der Waals surface area (Å²) in [7, 11) is 3.35. The maximum atomic E-state index is 14.5. The molecule has 31 heavy (non-hydrogen) atoms. The summed E-state index contributed by atoms with van der Waals surface area (Å²) >= 11 is 0. The van der Waals surface area contributed by atoms with Crippen LogP contribution in [-0.4, -0.2) is 31.1 Å². The van der Waals surface area contributed by atoms with Gasteiger partial charge >= 0.3 is 0 Å². The van der Waals surface area contributed by atoms with Crippen LogP contribution in [0.2, 0.25) is 0 Å². The van der Waals surface area contributed by atoms with Gasteiger partial charge in [0, 0.05) is 18.4 Å². The van der Waals surface area contributed by atoms with E-state index >= 15 is 0 Å². The lowest BCUT2D eigenvalue weighted by atomic mass is 9.72. The monoisotopic (exact) mass is 426 g/mol. The van der Waals surface area contributed by atoms with Gasteiger partial charge in [-0.1, -0.05) is 46.8 Å². The zero-order valence-corrected chi connectivity index (χ0v) is 20.1. The smallest absolute Gasteiger partial charge is 0.184 e. The molecule has 0 aromatic heterocycles. The molecule has 1 heterocycles. The van der Waals surface area contributed by atoms with Crippen molar-refractivity contribution in [1.29, 1.82) is 0 Å². The van der Waals surface area contributed by atoms with E-state index in [9.17, 15) is 4.39 Å². The van der Waals surface area contributed by atoms with Crippen molar-refractivity contribution in [3.05, 3.63) is 58.9 Å². The second-order valence-corrected chi connectivity index (χ2v) is 10.7. The van der Waals surface area contributed by atoms with E-state index in [1.54, 1.807) is 26.4 Å². The predicted molar refractivity (Wildman–Crippen MR) is 125 cm³/mol. The highest BCUT2D eigenvalue weighted by Crippen LogP contribution is 2.39. The number of fused-ring (bicyclic) bond motifs is 1. The van der Waals surface area contributed by atoms with Gasteiger partial charge in [0.25, 0.3) is 0 Å². The Morgan fingerprint density at radius 1 is 0.968 bits per heavy atom. The topological polar surface area (TPSA) is 21.5 Å². The minimum absolute atomic E-state index is 0.100. The fraction of sp³-hybridized carbons (Fsp3) is 0.519. The molecule has 0 unspecified atom stereocenters. The maximum Gasteiger partial charge on any atom is 0.184 e. The molecule has 0 fully saturated rings. The molecule has 0 saturated carbocycles. The third-order valence-corrected chi connectivity index (χ3v) is 5.93. The molecule has 0 radical (unpaired) electrons. The van der Waals surface area contributed by atoms with Crippen molar-refractivity contribution in [3.63, 3.8) is 0 Å². The van der Waals surface area contributed by atoms with Gasteiger partial charge in [0.2, 0.25) is 0 Å². The normalized spacial score (nSPS) is 14.5. The van der Waals surface area contributed by atoms with Crippen LogP contribution in [0.15, 0.2) is 36.4 Å². The zero-order chi connectivity index (χ0) is 22.8. The number of methoxy groups -OCH3 is 2. The van der Waals surface area contributed by atoms with Crippen LogP contribution in [0.5, 0.6) is 11.5 Å². The second kappa shape index (κ2) is 9.02. The summed E-state index contributed by atoms with van der Waals surface area (Å²) in [4.78, 5) is 0. The quantitative estimate of drug-likeness (QED) is 0.488. The van der Waals surface area contributed by atoms with E-state index in [4.69, 9.17) is 9.47 Å². The lowest BCUT2D eigenvalue weighted by molar-refractivity contribution is -0.546. The minimum Gasteiger partial charge on any atom is -0.493 e. The van der Waals surface area contributed by atoms with Gasteiger partial charge < -0.3 is 9.47 Å². The number of nitrogens with zero attached hydrogens (tertiary/aromatic N) is 1. The predicted octanol–water partition coefficient (Wildman–Crippen LogP) is 6.25. The van der Waals surface area contributed by atoms with Crippen LogP contribution >= 0.6 is 0 Å². The fourth-order valence-electron chi connectivity index (χ4n) is 5.12. The Morgan fingerprint density at radius 3 is 2.23 bits per heavy atom.